The van der Waals surface area contributed by atoms with Crippen molar-refractivity contribution in [1.29, 1.82) is 0 Å². The van der Waals surface area contributed by atoms with E-state index in [-0.39, 0.29) is 5.91 Å². The number of nitrogens with one attached hydrogen (secondary N) is 2. The molecule has 3 aromatic rings. The summed E-state index contributed by atoms with van der Waals surface area (Å²) in [6.45, 7) is 0. The average molecular weight is 383 g/mol. The van der Waals surface area contributed by atoms with Crippen LogP contribution in [0.3, 0.4) is 0 Å². The van der Waals surface area contributed by atoms with Crippen molar-refractivity contribution in [3.8, 4) is 11.5 Å². The molecule has 0 spiro atoms. The molecule has 0 aliphatic heterocycles. The monoisotopic (exact) mass is 382 g/mol. The van der Waals surface area contributed by atoms with E-state index in [0.29, 0.717) is 27.8 Å². The van der Waals surface area contributed by atoms with Gasteiger partial charge in [0, 0.05) is 33.7 Å². The molecule has 0 radical (unpaired) electrons. The summed E-state index contributed by atoms with van der Waals surface area (Å²) in [6, 6.07) is 19.8. The number of benzene rings is 3. The van der Waals surface area contributed by atoms with Gasteiger partial charge >= 0.3 is 0 Å². The third-order valence-corrected chi connectivity index (χ3v) is 4.17. The first-order valence-electron chi connectivity index (χ1n) is 8.25. The van der Waals surface area contributed by atoms with Gasteiger partial charge < -0.3 is 20.1 Å². The number of methoxy groups -OCH3 is 2. The van der Waals surface area contributed by atoms with Gasteiger partial charge in [-0.3, -0.25) is 4.79 Å². The van der Waals surface area contributed by atoms with Crippen molar-refractivity contribution in [1.82, 2.24) is 0 Å². The van der Waals surface area contributed by atoms with Crippen LogP contribution in [0.4, 0.5) is 17.1 Å². The maximum atomic E-state index is 12.2. The SMILES string of the molecule is COc1ccc(Nc2ccc(NC(=O)c3ccc(Cl)cc3)cc2)cc1OC. The Morgan fingerprint density at radius 1 is 0.778 bits per heavy atom. The number of ether oxygens (including phenoxy) is 2. The summed E-state index contributed by atoms with van der Waals surface area (Å²) in [5.41, 5.74) is 3.00. The van der Waals surface area contributed by atoms with Gasteiger partial charge in [-0.25, -0.2) is 0 Å². The minimum Gasteiger partial charge on any atom is -0.493 e. The number of rotatable bonds is 6. The first-order valence-corrected chi connectivity index (χ1v) is 8.63. The van der Waals surface area contributed by atoms with Gasteiger partial charge in [0.15, 0.2) is 11.5 Å². The Bertz CT molecular complexity index is 925. The lowest BCUT2D eigenvalue weighted by atomic mass is 10.2. The highest BCUT2D eigenvalue weighted by atomic mass is 35.5. The van der Waals surface area contributed by atoms with E-state index in [1.165, 1.54) is 0 Å². The fourth-order valence-corrected chi connectivity index (χ4v) is 2.65. The third-order valence-electron chi connectivity index (χ3n) is 3.92. The molecular formula is C21H19ClN2O3. The molecule has 1 amide bonds. The number of anilines is 3. The van der Waals surface area contributed by atoms with E-state index in [1.54, 1.807) is 38.5 Å². The number of carbonyl (C=O) groups excluding carboxylic acids is 1. The molecule has 138 valence electrons. The largest absolute Gasteiger partial charge is 0.493 e. The zero-order valence-electron chi connectivity index (χ0n) is 15.0. The van der Waals surface area contributed by atoms with Gasteiger partial charge in [0.25, 0.3) is 5.91 Å². The molecule has 0 fully saturated rings. The molecule has 0 saturated heterocycles. The number of hydrogen-bond acceptors (Lipinski definition) is 4. The summed E-state index contributed by atoms with van der Waals surface area (Å²) in [5, 5.41) is 6.74. The van der Waals surface area contributed by atoms with Gasteiger partial charge in [-0.1, -0.05) is 11.6 Å². The van der Waals surface area contributed by atoms with Crippen LogP contribution in [0, 0.1) is 0 Å². The first-order chi connectivity index (χ1) is 13.1. The summed E-state index contributed by atoms with van der Waals surface area (Å²) < 4.78 is 10.5. The second kappa shape index (κ2) is 8.47. The highest BCUT2D eigenvalue weighted by Crippen LogP contribution is 2.31. The van der Waals surface area contributed by atoms with Crippen molar-refractivity contribution in [3.05, 3.63) is 77.3 Å². The maximum Gasteiger partial charge on any atom is 0.255 e. The van der Waals surface area contributed by atoms with Crippen molar-refractivity contribution in [2.45, 2.75) is 0 Å². The molecule has 3 aromatic carbocycles. The van der Waals surface area contributed by atoms with Crippen molar-refractivity contribution < 1.29 is 14.3 Å². The van der Waals surface area contributed by atoms with Crippen LogP contribution in [-0.4, -0.2) is 20.1 Å². The van der Waals surface area contributed by atoms with Crippen molar-refractivity contribution >= 4 is 34.6 Å². The van der Waals surface area contributed by atoms with Gasteiger partial charge in [0.2, 0.25) is 0 Å². The molecule has 0 aliphatic carbocycles. The van der Waals surface area contributed by atoms with E-state index < -0.39 is 0 Å². The Kier molecular flexibility index (Phi) is 5.84. The molecule has 5 nitrogen and oxygen atoms in total. The predicted octanol–water partition coefficient (Wildman–Crippen LogP) is 5.35. The zero-order valence-corrected chi connectivity index (χ0v) is 15.7. The van der Waals surface area contributed by atoms with E-state index in [9.17, 15) is 4.79 Å². The van der Waals surface area contributed by atoms with E-state index >= 15 is 0 Å². The number of halogens is 1. The van der Waals surface area contributed by atoms with Gasteiger partial charge in [-0.2, -0.15) is 0 Å². The van der Waals surface area contributed by atoms with E-state index in [0.717, 1.165) is 11.4 Å². The van der Waals surface area contributed by atoms with Crippen LogP contribution in [0.5, 0.6) is 11.5 Å². The number of carbonyl (C=O) groups is 1. The van der Waals surface area contributed by atoms with Gasteiger partial charge in [0.05, 0.1) is 14.2 Å². The van der Waals surface area contributed by atoms with Crippen LogP contribution in [0.25, 0.3) is 0 Å². The molecule has 27 heavy (non-hydrogen) atoms. The molecule has 0 atom stereocenters. The molecule has 0 aliphatic rings. The molecule has 3 rings (SSSR count). The molecule has 0 unspecified atom stereocenters. The summed E-state index contributed by atoms with van der Waals surface area (Å²) in [6.07, 6.45) is 0. The van der Waals surface area contributed by atoms with E-state index in [1.807, 2.05) is 42.5 Å². The quantitative estimate of drug-likeness (QED) is 0.603. The smallest absolute Gasteiger partial charge is 0.255 e. The van der Waals surface area contributed by atoms with Crippen LogP contribution < -0.4 is 20.1 Å². The summed E-state index contributed by atoms with van der Waals surface area (Å²) >= 11 is 5.84. The first kappa shape index (κ1) is 18.6. The standard InChI is InChI=1S/C21H19ClN2O3/c1-26-19-12-11-18(13-20(19)27-2)23-16-7-9-17(10-8-16)24-21(25)14-3-5-15(22)6-4-14/h3-13,23H,1-2H3,(H,24,25). The van der Waals surface area contributed by atoms with Gasteiger partial charge in [-0.05, 0) is 60.7 Å². The summed E-state index contributed by atoms with van der Waals surface area (Å²) in [5.74, 6) is 1.13. The Balaban J connectivity index is 1.66. The van der Waals surface area contributed by atoms with Crippen LogP contribution >= 0.6 is 11.6 Å². The second-order valence-electron chi connectivity index (χ2n) is 5.73. The number of amides is 1. The molecule has 0 aromatic heterocycles. The predicted molar refractivity (Wildman–Crippen MR) is 109 cm³/mol. The Hall–Kier alpha value is -3.18. The zero-order chi connectivity index (χ0) is 19.2. The van der Waals surface area contributed by atoms with Crippen LogP contribution in [0.2, 0.25) is 5.02 Å². The summed E-state index contributed by atoms with van der Waals surface area (Å²) in [4.78, 5) is 12.2. The third kappa shape index (κ3) is 4.71. The fourth-order valence-electron chi connectivity index (χ4n) is 2.52. The molecule has 6 heteroatoms. The second-order valence-corrected chi connectivity index (χ2v) is 6.17. The summed E-state index contributed by atoms with van der Waals surface area (Å²) in [7, 11) is 3.20. The molecule has 2 N–H and O–H groups in total. The lowest BCUT2D eigenvalue weighted by Crippen LogP contribution is -2.11. The highest BCUT2D eigenvalue weighted by Gasteiger charge is 2.07. The van der Waals surface area contributed by atoms with Crippen LogP contribution in [0.15, 0.2) is 66.7 Å². The molecule has 0 saturated carbocycles. The van der Waals surface area contributed by atoms with E-state index in [4.69, 9.17) is 21.1 Å². The number of hydrogen-bond donors (Lipinski definition) is 2. The molecule has 0 heterocycles. The van der Waals surface area contributed by atoms with E-state index in [2.05, 4.69) is 10.6 Å². The maximum absolute atomic E-state index is 12.2. The lowest BCUT2D eigenvalue weighted by Gasteiger charge is -2.12. The van der Waals surface area contributed by atoms with Crippen LogP contribution in [-0.2, 0) is 0 Å². The minimum atomic E-state index is -0.188. The average Bonchev–Trinajstić information content (AvgIpc) is 2.69. The molecular weight excluding hydrogens is 364 g/mol. The Morgan fingerprint density at radius 3 is 2.00 bits per heavy atom. The normalized spacial score (nSPS) is 10.2. The van der Waals surface area contributed by atoms with Crippen molar-refractivity contribution in [2.75, 3.05) is 24.9 Å². The lowest BCUT2D eigenvalue weighted by molar-refractivity contribution is 0.102. The minimum absolute atomic E-state index is 0.188. The van der Waals surface area contributed by atoms with Gasteiger partial charge in [-0.15, -0.1) is 0 Å². The fraction of sp³-hybridized carbons (Fsp3) is 0.0952. The van der Waals surface area contributed by atoms with Gasteiger partial charge in [0.1, 0.15) is 0 Å². The Morgan fingerprint density at radius 2 is 1.37 bits per heavy atom. The van der Waals surface area contributed by atoms with Crippen molar-refractivity contribution in [3.63, 3.8) is 0 Å². The Labute approximate surface area is 162 Å². The van der Waals surface area contributed by atoms with Crippen LogP contribution in [0.1, 0.15) is 10.4 Å². The van der Waals surface area contributed by atoms with Crippen molar-refractivity contribution in [2.24, 2.45) is 0 Å². The molecule has 0 bridgehead atoms. The highest BCUT2D eigenvalue weighted by molar-refractivity contribution is 6.30. The topological polar surface area (TPSA) is 59.6 Å².